The molecule has 0 aromatic carbocycles. The molecule has 3 heteroatoms. The Balaban J connectivity index is 2.50. The van der Waals surface area contributed by atoms with E-state index in [-0.39, 0.29) is 11.4 Å². The molecule has 0 aliphatic carbocycles. The second kappa shape index (κ2) is 6.08. The third-order valence-electron chi connectivity index (χ3n) is 3.91. The fraction of sp³-hybridized carbons (Fsp3) is 0.812. The molecule has 0 aromatic rings. The van der Waals surface area contributed by atoms with E-state index in [2.05, 4.69) is 46.1 Å². The van der Waals surface area contributed by atoms with E-state index in [0.29, 0.717) is 5.41 Å². The molecule has 0 saturated carbocycles. The Bertz CT molecular complexity index is 328. The minimum atomic E-state index is 0.0578. The predicted molar refractivity (Wildman–Crippen MR) is 81.1 cm³/mol. The Morgan fingerprint density at radius 1 is 1.32 bits per heavy atom. The van der Waals surface area contributed by atoms with Crippen LogP contribution in [0, 0.1) is 5.41 Å². The Hall–Kier alpha value is -0.830. The van der Waals surface area contributed by atoms with Crippen molar-refractivity contribution in [3.05, 3.63) is 12.7 Å². The van der Waals surface area contributed by atoms with Crippen molar-refractivity contribution in [1.82, 2.24) is 9.80 Å². The van der Waals surface area contributed by atoms with Crippen molar-refractivity contribution in [2.24, 2.45) is 5.41 Å². The number of carbonyl (C=O) groups excluding carboxylic acids is 1. The summed E-state index contributed by atoms with van der Waals surface area (Å²) in [6, 6.07) is 0. The van der Waals surface area contributed by atoms with E-state index in [1.807, 2.05) is 4.90 Å². The van der Waals surface area contributed by atoms with Gasteiger partial charge in [-0.3, -0.25) is 9.69 Å². The minimum Gasteiger partial charge on any atom is -0.336 e. The van der Waals surface area contributed by atoms with E-state index in [1.54, 1.807) is 0 Å². The van der Waals surface area contributed by atoms with Crippen LogP contribution in [-0.4, -0.2) is 47.4 Å². The summed E-state index contributed by atoms with van der Waals surface area (Å²) < 4.78 is 0. The monoisotopic (exact) mass is 266 g/mol. The van der Waals surface area contributed by atoms with Crippen molar-refractivity contribution in [3.63, 3.8) is 0 Å². The van der Waals surface area contributed by atoms with E-state index in [4.69, 9.17) is 0 Å². The SMILES string of the molecule is C=CC(=O)N1CCN(CCCC(C)(C)C)C(C)(C)C1. The van der Waals surface area contributed by atoms with Crippen molar-refractivity contribution in [3.8, 4) is 0 Å². The summed E-state index contributed by atoms with van der Waals surface area (Å²) in [5, 5.41) is 0. The largest absolute Gasteiger partial charge is 0.336 e. The van der Waals surface area contributed by atoms with Gasteiger partial charge in [-0.15, -0.1) is 0 Å². The highest BCUT2D eigenvalue weighted by Gasteiger charge is 2.34. The zero-order valence-electron chi connectivity index (χ0n) is 13.3. The summed E-state index contributed by atoms with van der Waals surface area (Å²) in [4.78, 5) is 16.1. The lowest BCUT2D eigenvalue weighted by molar-refractivity contribution is -0.131. The second-order valence-electron chi connectivity index (χ2n) is 7.43. The predicted octanol–water partition coefficient (Wildman–Crippen LogP) is 2.92. The van der Waals surface area contributed by atoms with Crippen molar-refractivity contribution in [2.45, 2.75) is 53.0 Å². The molecule has 1 aliphatic rings. The highest BCUT2D eigenvalue weighted by Crippen LogP contribution is 2.25. The molecule has 110 valence electrons. The molecule has 1 aliphatic heterocycles. The molecule has 0 N–H and O–H groups in total. The van der Waals surface area contributed by atoms with Crippen molar-refractivity contribution < 1.29 is 4.79 Å². The molecule has 0 aromatic heterocycles. The topological polar surface area (TPSA) is 23.6 Å². The number of nitrogens with zero attached hydrogens (tertiary/aromatic N) is 2. The lowest BCUT2D eigenvalue weighted by atomic mass is 9.90. The molecule has 0 unspecified atom stereocenters. The van der Waals surface area contributed by atoms with E-state index >= 15 is 0 Å². The first-order chi connectivity index (χ1) is 8.65. The maximum atomic E-state index is 11.7. The number of hydrogen-bond donors (Lipinski definition) is 0. The van der Waals surface area contributed by atoms with Gasteiger partial charge in [-0.25, -0.2) is 0 Å². The van der Waals surface area contributed by atoms with Crippen LogP contribution in [0.2, 0.25) is 0 Å². The quantitative estimate of drug-likeness (QED) is 0.730. The molecular weight excluding hydrogens is 236 g/mol. The van der Waals surface area contributed by atoms with Crippen molar-refractivity contribution in [2.75, 3.05) is 26.2 Å². The van der Waals surface area contributed by atoms with Crippen LogP contribution in [0.5, 0.6) is 0 Å². The van der Waals surface area contributed by atoms with Crippen LogP contribution < -0.4 is 0 Å². The van der Waals surface area contributed by atoms with E-state index in [0.717, 1.165) is 26.2 Å². The molecule has 0 spiro atoms. The third-order valence-corrected chi connectivity index (χ3v) is 3.91. The van der Waals surface area contributed by atoms with Crippen LogP contribution in [0.25, 0.3) is 0 Å². The van der Waals surface area contributed by atoms with Crippen LogP contribution >= 0.6 is 0 Å². The molecular formula is C16H30N2O. The van der Waals surface area contributed by atoms with E-state index in [1.165, 1.54) is 18.9 Å². The molecule has 0 atom stereocenters. The second-order valence-corrected chi connectivity index (χ2v) is 7.43. The van der Waals surface area contributed by atoms with Gasteiger partial charge in [-0.05, 0) is 44.7 Å². The van der Waals surface area contributed by atoms with Crippen LogP contribution in [0.4, 0.5) is 0 Å². The normalized spacial score (nSPS) is 20.4. The van der Waals surface area contributed by atoms with Gasteiger partial charge in [-0.2, -0.15) is 0 Å². The Morgan fingerprint density at radius 2 is 1.95 bits per heavy atom. The average Bonchev–Trinajstić information content (AvgIpc) is 2.28. The zero-order chi connectivity index (χ0) is 14.7. The van der Waals surface area contributed by atoms with Gasteiger partial charge in [0.1, 0.15) is 0 Å². The standard InChI is InChI=1S/C16H30N2O/c1-7-14(19)17-11-12-18(16(5,6)13-17)10-8-9-15(2,3)4/h7H,1,8-13H2,2-6H3. The summed E-state index contributed by atoms with van der Waals surface area (Å²) in [5.74, 6) is 0.0578. The van der Waals surface area contributed by atoms with Crippen molar-refractivity contribution in [1.29, 1.82) is 0 Å². The van der Waals surface area contributed by atoms with Crippen molar-refractivity contribution >= 4 is 5.91 Å². The first-order valence-corrected chi connectivity index (χ1v) is 7.32. The molecule has 1 rings (SSSR count). The average molecular weight is 266 g/mol. The first-order valence-electron chi connectivity index (χ1n) is 7.32. The van der Waals surface area contributed by atoms with Gasteiger partial charge in [0, 0.05) is 25.2 Å². The number of amides is 1. The highest BCUT2D eigenvalue weighted by molar-refractivity contribution is 5.87. The summed E-state index contributed by atoms with van der Waals surface area (Å²) in [5.41, 5.74) is 0.472. The maximum Gasteiger partial charge on any atom is 0.246 e. The van der Waals surface area contributed by atoms with Gasteiger partial charge in [0.2, 0.25) is 5.91 Å². The van der Waals surface area contributed by atoms with E-state index < -0.39 is 0 Å². The third kappa shape index (κ3) is 4.98. The minimum absolute atomic E-state index is 0.0578. The first kappa shape index (κ1) is 16.2. The summed E-state index contributed by atoms with van der Waals surface area (Å²) in [7, 11) is 0. The molecule has 1 saturated heterocycles. The molecule has 1 amide bonds. The lowest BCUT2D eigenvalue weighted by Gasteiger charge is -2.47. The van der Waals surface area contributed by atoms with Crippen LogP contribution in [0.1, 0.15) is 47.5 Å². The molecule has 1 fully saturated rings. The van der Waals surface area contributed by atoms with Gasteiger partial charge in [-0.1, -0.05) is 27.4 Å². The van der Waals surface area contributed by atoms with Gasteiger partial charge in [0.05, 0.1) is 0 Å². The van der Waals surface area contributed by atoms with Crippen LogP contribution in [-0.2, 0) is 4.79 Å². The Labute approximate surface area is 118 Å². The van der Waals surface area contributed by atoms with Gasteiger partial charge in [0.25, 0.3) is 0 Å². The maximum absolute atomic E-state index is 11.7. The zero-order valence-corrected chi connectivity index (χ0v) is 13.3. The molecule has 0 bridgehead atoms. The lowest BCUT2D eigenvalue weighted by Crippen LogP contribution is -2.60. The Kier molecular flexibility index (Phi) is 5.19. The van der Waals surface area contributed by atoms with Crippen LogP contribution in [0.3, 0.4) is 0 Å². The molecule has 0 radical (unpaired) electrons. The van der Waals surface area contributed by atoms with Gasteiger partial charge in [0.15, 0.2) is 0 Å². The smallest absolute Gasteiger partial charge is 0.246 e. The van der Waals surface area contributed by atoms with Crippen LogP contribution in [0.15, 0.2) is 12.7 Å². The summed E-state index contributed by atoms with van der Waals surface area (Å²) in [6.45, 7) is 18.6. The van der Waals surface area contributed by atoms with Gasteiger partial charge < -0.3 is 4.90 Å². The Morgan fingerprint density at radius 3 is 2.42 bits per heavy atom. The fourth-order valence-corrected chi connectivity index (χ4v) is 2.72. The number of hydrogen-bond acceptors (Lipinski definition) is 2. The number of piperazine rings is 1. The van der Waals surface area contributed by atoms with Gasteiger partial charge >= 0.3 is 0 Å². The number of rotatable bonds is 4. The summed E-state index contributed by atoms with van der Waals surface area (Å²) >= 11 is 0. The molecule has 1 heterocycles. The number of carbonyl (C=O) groups is 1. The molecule has 19 heavy (non-hydrogen) atoms. The highest BCUT2D eigenvalue weighted by atomic mass is 16.2. The van der Waals surface area contributed by atoms with E-state index in [9.17, 15) is 4.79 Å². The molecule has 3 nitrogen and oxygen atoms in total. The summed E-state index contributed by atoms with van der Waals surface area (Å²) in [6.07, 6.45) is 3.89. The fourth-order valence-electron chi connectivity index (χ4n) is 2.72.